The zero-order valence-corrected chi connectivity index (χ0v) is 19.1. The number of halogens is 1. The van der Waals surface area contributed by atoms with E-state index in [0.29, 0.717) is 27.9 Å². The number of ether oxygens (including phenoxy) is 1. The van der Waals surface area contributed by atoms with Gasteiger partial charge in [0.1, 0.15) is 16.8 Å². The summed E-state index contributed by atoms with van der Waals surface area (Å²) in [4.78, 5) is 13.9. The molecule has 0 spiro atoms. The molecule has 4 rings (SSSR count). The Bertz CT molecular complexity index is 1250. The van der Waals surface area contributed by atoms with Gasteiger partial charge >= 0.3 is 0 Å². The lowest BCUT2D eigenvalue weighted by molar-refractivity contribution is -0.118. The number of hydrogen-bond donors (Lipinski definition) is 1. The third-order valence-electron chi connectivity index (χ3n) is 5.48. The van der Waals surface area contributed by atoms with E-state index >= 15 is 0 Å². The number of nitrogens with one attached hydrogen (secondary N) is 1. The highest BCUT2D eigenvalue weighted by molar-refractivity contribution is 6.31. The summed E-state index contributed by atoms with van der Waals surface area (Å²) < 4.78 is 5.62. The molecule has 1 heterocycles. The van der Waals surface area contributed by atoms with Gasteiger partial charge in [0.15, 0.2) is 6.61 Å². The van der Waals surface area contributed by atoms with Crippen LogP contribution in [0.15, 0.2) is 60.7 Å². The molecule has 32 heavy (non-hydrogen) atoms. The Balaban J connectivity index is 1.40. The van der Waals surface area contributed by atoms with Crippen LogP contribution in [-0.4, -0.2) is 27.5 Å². The molecule has 164 valence electrons. The zero-order valence-electron chi connectivity index (χ0n) is 18.3. The first-order chi connectivity index (χ1) is 15.4. The average molecular weight is 449 g/mol. The van der Waals surface area contributed by atoms with Gasteiger partial charge in [-0.2, -0.15) is 4.80 Å². The predicted molar refractivity (Wildman–Crippen MR) is 128 cm³/mol. The molecule has 3 aromatic carbocycles. The highest BCUT2D eigenvalue weighted by Gasteiger charge is 2.10. The number of carbonyl (C=O) groups is 1. The van der Waals surface area contributed by atoms with E-state index in [0.717, 1.165) is 23.2 Å². The van der Waals surface area contributed by atoms with Crippen molar-refractivity contribution in [2.75, 3.05) is 11.9 Å². The first-order valence-electron chi connectivity index (χ1n) is 10.6. The summed E-state index contributed by atoms with van der Waals surface area (Å²) in [5.41, 5.74) is 5.05. The average Bonchev–Trinajstić information content (AvgIpc) is 3.23. The molecule has 1 atom stereocenters. The molecule has 7 heteroatoms. The molecular weight excluding hydrogens is 424 g/mol. The molecular formula is C25H25ClN4O2. The van der Waals surface area contributed by atoms with Crippen molar-refractivity contribution in [3.63, 3.8) is 0 Å². The molecule has 1 N–H and O–H groups in total. The standard InChI is InChI=1S/C25H25ClN4O2/c1-4-16(2)18-6-10-21(11-7-18)32-15-25(31)27-19-8-12-23-24(13-19)29-30(28-23)20-9-5-17(3)22(26)14-20/h5-14,16H,4,15H2,1-3H3,(H,27,31)/t16-/m0/s1. The number of aromatic nitrogens is 3. The van der Waals surface area contributed by atoms with Crippen LogP contribution in [0.3, 0.4) is 0 Å². The Morgan fingerprint density at radius 3 is 2.53 bits per heavy atom. The van der Waals surface area contributed by atoms with Crippen molar-refractivity contribution < 1.29 is 9.53 Å². The van der Waals surface area contributed by atoms with Gasteiger partial charge in [0.25, 0.3) is 5.91 Å². The molecule has 0 fully saturated rings. The summed E-state index contributed by atoms with van der Waals surface area (Å²) in [7, 11) is 0. The monoisotopic (exact) mass is 448 g/mol. The van der Waals surface area contributed by atoms with Crippen LogP contribution in [0.4, 0.5) is 5.69 Å². The van der Waals surface area contributed by atoms with Crippen LogP contribution in [0.25, 0.3) is 16.7 Å². The molecule has 0 aliphatic heterocycles. The lowest BCUT2D eigenvalue weighted by atomic mass is 9.99. The summed E-state index contributed by atoms with van der Waals surface area (Å²) in [5, 5.41) is 12.5. The van der Waals surface area contributed by atoms with E-state index in [1.165, 1.54) is 10.4 Å². The van der Waals surface area contributed by atoms with Crippen molar-refractivity contribution in [2.24, 2.45) is 0 Å². The molecule has 0 bridgehead atoms. The third kappa shape index (κ3) is 4.92. The predicted octanol–water partition coefficient (Wildman–Crippen LogP) is 5.91. The largest absolute Gasteiger partial charge is 0.484 e. The fraction of sp³-hybridized carbons (Fsp3) is 0.240. The Morgan fingerprint density at radius 1 is 1.06 bits per heavy atom. The summed E-state index contributed by atoms with van der Waals surface area (Å²) in [5.74, 6) is 0.929. The van der Waals surface area contributed by atoms with Gasteiger partial charge < -0.3 is 10.1 Å². The first-order valence-corrected chi connectivity index (χ1v) is 11.0. The maximum atomic E-state index is 12.3. The number of carbonyl (C=O) groups excluding carboxylic acids is 1. The van der Waals surface area contributed by atoms with Crippen LogP contribution in [-0.2, 0) is 4.79 Å². The van der Waals surface area contributed by atoms with E-state index < -0.39 is 0 Å². The first kappa shape index (κ1) is 21.8. The Morgan fingerprint density at radius 2 is 1.81 bits per heavy atom. The molecule has 1 aromatic heterocycles. The van der Waals surface area contributed by atoms with E-state index in [9.17, 15) is 4.79 Å². The van der Waals surface area contributed by atoms with E-state index in [1.807, 2.05) is 55.5 Å². The summed E-state index contributed by atoms with van der Waals surface area (Å²) in [6.07, 6.45) is 1.08. The topological polar surface area (TPSA) is 69.0 Å². The van der Waals surface area contributed by atoms with E-state index in [-0.39, 0.29) is 12.5 Å². The zero-order chi connectivity index (χ0) is 22.7. The van der Waals surface area contributed by atoms with Gasteiger partial charge in [-0.3, -0.25) is 4.79 Å². The van der Waals surface area contributed by atoms with Crippen molar-refractivity contribution in [2.45, 2.75) is 33.1 Å². The van der Waals surface area contributed by atoms with Crippen LogP contribution >= 0.6 is 11.6 Å². The lowest BCUT2D eigenvalue weighted by Gasteiger charge is -2.11. The van der Waals surface area contributed by atoms with Crippen LogP contribution in [0, 0.1) is 6.92 Å². The molecule has 0 radical (unpaired) electrons. The van der Waals surface area contributed by atoms with E-state index in [1.54, 1.807) is 12.1 Å². The Hall–Kier alpha value is -3.38. The highest BCUT2D eigenvalue weighted by Crippen LogP contribution is 2.23. The van der Waals surface area contributed by atoms with Crippen molar-refractivity contribution in [1.82, 2.24) is 15.0 Å². The van der Waals surface area contributed by atoms with Gasteiger partial charge in [0.2, 0.25) is 0 Å². The number of benzene rings is 3. The Labute approximate surface area is 192 Å². The quantitative estimate of drug-likeness (QED) is 0.381. The van der Waals surface area contributed by atoms with Crippen molar-refractivity contribution >= 4 is 34.2 Å². The van der Waals surface area contributed by atoms with Crippen LogP contribution in [0.5, 0.6) is 5.75 Å². The van der Waals surface area contributed by atoms with Gasteiger partial charge in [-0.15, -0.1) is 10.2 Å². The maximum absolute atomic E-state index is 12.3. The second-order valence-electron chi connectivity index (χ2n) is 7.84. The van der Waals surface area contributed by atoms with E-state index in [4.69, 9.17) is 16.3 Å². The molecule has 4 aromatic rings. The molecule has 0 saturated carbocycles. The lowest BCUT2D eigenvalue weighted by Crippen LogP contribution is -2.20. The number of hydrogen-bond acceptors (Lipinski definition) is 4. The SMILES string of the molecule is CC[C@H](C)c1ccc(OCC(=O)Nc2ccc3nn(-c4ccc(C)c(Cl)c4)nc3c2)cc1. The smallest absolute Gasteiger partial charge is 0.262 e. The van der Waals surface area contributed by atoms with Crippen LogP contribution < -0.4 is 10.1 Å². The number of anilines is 1. The molecule has 1 amide bonds. The van der Waals surface area contributed by atoms with Crippen LogP contribution in [0.1, 0.15) is 37.3 Å². The normalized spacial score (nSPS) is 12.0. The minimum atomic E-state index is -0.243. The molecule has 0 saturated heterocycles. The van der Waals surface area contributed by atoms with Crippen molar-refractivity contribution in [1.29, 1.82) is 0 Å². The highest BCUT2D eigenvalue weighted by atomic mass is 35.5. The number of nitrogens with zero attached hydrogens (tertiary/aromatic N) is 3. The number of fused-ring (bicyclic) bond motifs is 1. The summed E-state index contributed by atoms with van der Waals surface area (Å²) >= 11 is 6.22. The van der Waals surface area contributed by atoms with E-state index in [2.05, 4.69) is 29.4 Å². The summed E-state index contributed by atoms with van der Waals surface area (Å²) in [6.45, 7) is 6.22. The van der Waals surface area contributed by atoms with Gasteiger partial charge in [-0.25, -0.2) is 0 Å². The fourth-order valence-electron chi connectivity index (χ4n) is 3.29. The minimum absolute atomic E-state index is 0.0741. The Kier molecular flexibility index (Phi) is 6.42. The number of amides is 1. The maximum Gasteiger partial charge on any atom is 0.262 e. The van der Waals surface area contributed by atoms with Crippen molar-refractivity contribution in [3.05, 3.63) is 76.8 Å². The summed E-state index contributed by atoms with van der Waals surface area (Å²) in [6, 6.07) is 18.9. The van der Waals surface area contributed by atoms with Gasteiger partial charge in [-0.05, 0) is 72.9 Å². The minimum Gasteiger partial charge on any atom is -0.484 e. The fourth-order valence-corrected chi connectivity index (χ4v) is 3.46. The second kappa shape index (κ2) is 9.40. The second-order valence-corrected chi connectivity index (χ2v) is 8.25. The van der Waals surface area contributed by atoms with Gasteiger partial charge in [0, 0.05) is 10.7 Å². The number of rotatable bonds is 7. The molecule has 0 unspecified atom stereocenters. The molecule has 6 nitrogen and oxygen atoms in total. The third-order valence-corrected chi connectivity index (χ3v) is 5.89. The molecule has 0 aliphatic carbocycles. The van der Waals surface area contributed by atoms with Gasteiger partial charge in [0.05, 0.1) is 5.69 Å². The molecule has 0 aliphatic rings. The van der Waals surface area contributed by atoms with Crippen molar-refractivity contribution in [3.8, 4) is 11.4 Å². The number of aryl methyl sites for hydroxylation is 1. The van der Waals surface area contributed by atoms with Gasteiger partial charge in [-0.1, -0.05) is 43.6 Å². The van der Waals surface area contributed by atoms with Crippen LogP contribution in [0.2, 0.25) is 5.02 Å².